The van der Waals surface area contributed by atoms with Gasteiger partial charge in [-0.2, -0.15) is 0 Å². The zero-order valence-electron chi connectivity index (χ0n) is 14.1. The number of hydrogen-bond acceptors (Lipinski definition) is 4. The number of nitrogens with zero attached hydrogens (tertiary/aromatic N) is 3. The van der Waals surface area contributed by atoms with E-state index in [-0.39, 0.29) is 0 Å². The van der Waals surface area contributed by atoms with Crippen LogP contribution in [-0.4, -0.2) is 16.5 Å². The lowest BCUT2D eigenvalue weighted by molar-refractivity contribution is 0.364. The van der Waals surface area contributed by atoms with Gasteiger partial charge < -0.3 is 10.2 Å². The van der Waals surface area contributed by atoms with E-state index in [0.717, 1.165) is 41.1 Å². The molecular weight excluding hydrogens is 320 g/mol. The highest BCUT2D eigenvalue weighted by molar-refractivity contribution is 6.32. The van der Waals surface area contributed by atoms with Gasteiger partial charge in [0.2, 0.25) is 0 Å². The first kappa shape index (κ1) is 15.7. The number of aromatic nitrogens is 2. The normalized spacial score (nSPS) is 17.2. The van der Waals surface area contributed by atoms with Gasteiger partial charge in [0, 0.05) is 11.6 Å². The lowest BCUT2D eigenvalue weighted by Crippen LogP contribution is -2.30. The highest BCUT2D eigenvalue weighted by Gasteiger charge is 2.27. The molecule has 1 aromatic heterocycles. The molecule has 0 atom stereocenters. The van der Waals surface area contributed by atoms with E-state index in [2.05, 4.69) is 33.2 Å². The monoisotopic (exact) mass is 342 g/mol. The Kier molecular flexibility index (Phi) is 4.31. The van der Waals surface area contributed by atoms with Gasteiger partial charge in [0.25, 0.3) is 0 Å². The van der Waals surface area contributed by atoms with E-state index in [4.69, 9.17) is 11.6 Å². The van der Waals surface area contributed by atoms with Crippen LogP contribution in [0.1, 0.15) is 44.6 Å². The van der Waals surface area contributed by atoms with E-state index < -0.39 is 0 Å². The summed E-state index contributed by atoms with van der Waals surface area (Å²) >= 11 is 6.44. The predicted molar refractivity (Wildman–Crippen MR) is 99.7 cm³/mol. The van der Waals surface area contributed by atoms with Crippen LogP contribution >= 0.6 is 11.6 Å². The largest absolute Gasteiger partial charge is 0.349 e. The molecule has 4 rings (SSSR count). The van der Waals surface area contributed by atoms with Crippen LogP contribution in [0.3, 0.4) is 0 Å². The van der Waals surface area contributed by atoms with Gasteiger partial charge in [-0.05, 0) is 42.9 Å². The second-order valence-electron chi connectivity index (χ2n) is 6.81. The van der Waals surface area contributed by atoms with Crippen molar-refractivity contribution in [2.75, 3.05) is 16.8 Å². The van der Waals surface area contributed by atoms with Gasteiger partial charge in [-0.25, -0.2) is 9.97 Å². The first-order valence-corrected chi connectivity index (χ1v) is 9.31. The number of halogens is 1. The molecule has 0 saturated heterocycles. The van der Waals surface area contributed by atoms with Crippen molar-refractivity contribution in [2.24, 2.45) is 5.92 Å². The Morgan fingerprint density at radius 1 is 1.21 bits per heavy atom. The Bertz CT molecular complexity index is 740. The average Bonchev–Trinajstić information content (AvgIpc) is 2.62. The van der Waals surface area contributed by atoms with E-state index in [1.807, 2.05) is 12.3 Å². The molecule has 0 unspecified atom stereocenters. The maximum absolute atomic E-state index is 6.44. The zero-order valence-corrected chi connectivity index (χ0v) is 14.8. The molecule has 0 spiro atoms. The Morgan fingerprint density at radius 2 is 2.04 bits per heavy atom. The fourth-order valence-corrected chi connectivity index (χ4v) is 4.20. The van der Waals surface area contributed by atoms with Crippen LogP contribution in [-0.2, 0) is 6.42 Å². The van der Waals surface area contributed by atoms with E-state index in [0.29, 0.717) is 0 Å². The van der Waals surface area contributed by atoms with Crippen molar-refractivity contribution < 1.29 is 0 Å². The van der Waals surface area contributed by atoms with Crippen LogP contribution in [0.4, 0.5) is 22.9 Å². The number of fused-ring (bicyclic) bond motifs is 2. The fourth-order valence-electron chi connectivity index (χ4n) is 3.90. The first-order chi connectivity index (χ1) is 11.8. The second-order valence-corrected chi connectivity index (χ2v) is 7.22. The van der Waals surface area contributed by atoms with Crippen molar-refractivity contribution >= 4 is 34.5 Å². The quantitative estimate of drug-likeness (QED) is 0.803. The summed E-state index contributed by atoms with van der Waals surface area (Å²) < 4.78 is 0. The lowest BCUT2D eigenvalue weighted by Gasteiger charge is -2.36. The Hall–Kier alpha value is -1.81. The Morgan fingerprint density at radius 3 is 2.83 bits per heavy atom. The van der Waals surface area contributed by atoms with E-state index in [9.17, 15) is 0 Å². The third-order valence-electron chi connectivity index (χ3n) is 5.22. The average molecular weight is 343 g/mol. The molecule has 4 nitrogen and oxygen atoms in total. The van der Waals surface area contributed by atoms with Crippen LogP contribution in [0, 0.1) is 5.92 Å². The van der Waals surface area contributed by atoms with Crippen molar-refractivity contribution in [2.45, 2.75) is 45.4 Å². The maximum Gasteiger partial charge on any atom is 0.160 e. The number of anilines is 4. The summed E-state index contributed by atoms with van der Waals surface area (Å²) in [5.74, 6) is 1.71. The summed E-state index contributed by atoms with van der Waals surface area (Å²) in [5.41, 5.74) is 4.38. The number of aryl methyl sites for hydroxylation is 1. The number of benzene rings is 1. The van der Waals surface area contributed by atoms with Crippen molar-refractivity contribution in [3.8, 4) is 0 Å². The molecule has 0 amide bonds. The Balaban J connectivity index is 1.75. The molecule has 1 fully saturated rings. The van der Waals surface area contributed by atoms with Crippen LogP contribution in [0.25, 0.3) is 0 Å². The van der Waals surface area contributed by atoms with Gasteiger partial charge >= 0.3 is 0 Å². The third kappa shape index (κ3) is 2.84. The van der Waals surface area contributed by atoms with Gasteiger partial charge in [-0.1, -0.05) is 37.8 Å². The molecule has 1 aromatic carbocycles. The summed E-state index contributed by atoms with van der Waals surface area (Å²) in [6, 6.07) is 4.26. The van der Waals surface area contributed by atoms with Crippen LogP contribution < -0.4 is 10.2 Å². The van der Waals surface area contributed by atoms with Crippen molar-refractivity contribution in [3.63, 3.8) is 0 Å². The van der Waals surface area contributed by atoms with E-state index in [1.165, 1.54) is 43.4 Å². The molecule has 1 aliphatic carbocycles. The van der Waals surface area contributed by atoms with Gasteiger partial charge in [-0.3, -0.25) is 0 Å². The molecule has 1 saturated carbocycles. The molecule has 24 heavy (non-hydrogen) atoms. The van der Waals surface area contributed by atoms with Crippen LogP contribution in [0.2, 0.25) is 5.02 Å². The van der Waals surface area contributed by atoms with Crippen molar-refractivity contribution in [1.82, 2.24) is 9.97 Å². The fraction of sp³-hybridized carbons (Fsp3) is 0.474. The molecular formula is C19H23ClN4. The second kappa shape index (κ2) is 6.60. The zero-order chi connectivity index (χ0) is 16.5. The molecule has 2 aliphatic rings. The third-order valence-corrected chi connectivity index (χ3v) is 5.57. The standard InChI is InChI=1S/C19H23ClN4/c1-2-14-8-18-16(9-15(14)20)23-17-10-21-12-22-19(17)24(18)11-13-6-4-3-5-7-13/h8-10,12-13,23H,2-7,11H2,1H3. The van der Waals surface area contributed by atoms with E-state index >= 15 is 0 Å². The summed E-state index contributed by atoms with van der Waals surface area (Å²) in [7, 11) is 0. The lowest BCUT2D eigenvalue weighted by atomic mass is 9.88. The molecule has 0 radical (unpaired) electrons. The Labute approximate surface area is 148 Å². The van der Waals surface area contributed by atoms with Crippen molar-refractivity contribution in [1.29, 1.82) is 0 Å². The number of nitrogens with one attached hydrogen (secondary N) is 1. The molecule has 0 bridgehead atoms. The van der Waals surface area contributed by atoms with Gasteiger partial charge in [0.15, 0.2) is 5.82 Å². The predicted octanol–water partition coefficient (Wildman–Crippen LogP) is 5.47. The van der Waals surface area contributed by atoms with Crippen LogP contribution in [0.15, 0.2) is 24.7 Å². The summed E-state index contributed by atoms with van der Waals surface area (Å²) in [5, 5.41) is 4.27. The van der Waals surface area contributed by atoms with Gasteiger partial charge in [-0.15, -0.1) is 0 Å². The molecule has 1 N–H and O–H groups in total. The topological polar surface area (TPSA) is 41.1 Å². The molecule has 2 aromatic rings. The minimum atomic E-state index is 0.730. The molecule has 126 valence electrons. The van der Waals surface area contributed by atoms with Gasteiger partial charge in [0.1, 0.15) is 12.0 Å². The van der Waals surface area contributed by atoms with E-state index in [1.54, 1.807) is 6.33 Å². The summed E-state index contributed by atoms with van der Waals surface area (Å²) in [4.78, 5) is 11.1. The SMILES string of the molecule is CCc1cc2c(cc1Cl)Nc1cncnc1N2CC1CCCCC1. The van der Waals surface area contributed by atoms with Crippen LogP contribution in [0.5, 0.6) is 0 Å². The first-order valence-electron chi connectivity index (χ1n) is 8.93. The molecule has 1 aliphatic heterocycles. The van der Waals surface area contributed by atoms with Gasteiger partial charge in [0.05, 0.1) is 17.6 Å². The smallest absolute Gasteiger partial charge is 0.160 e. The number of hydrogen-bond donors (Lipinski definition) is 1. The summed E-state index contributed by atoms with van der Waals surface area (Å²) in [6.07, 6.45) is 11.1. The highest BCUT2D eigenvalue weighted by atomic mass is 35.5. The summed E-state index contributed by atoms with van der Waals surface area (Å²) in [6.45, 7) is 3.16. The molecule has 2 heterocycles. The highest BCUT2D eigenvalue weighted by Crippen LogP contribution is 2.45. The molecule has 5 heteroatoms. The number of rotatable bonds is 3. The minimum absolute atomic E-state index is 0.730. The minimum Gasteiger partial charge on any atom is -0.349 e. The van der Waals surface area contributed by atoms with Crippen molar-refractivity contribution in [3.05, 3.63) is 35.2 Å². The maximum atomic E-state index is 6.44.